The molecule has 184 valence electrons. The number of halogens is 1. The third-order valence-corrected chi connectivity index (χ3v) is 6.97. The highest BCUT2D eigenvalue weighted by Crippen LogP contribution is 2.40. The van der Waals surface area contributed by atoms with E-state index < -0.39 is 5.82 Å². The second kappa shape index (κ2) is 8.67. The van der Waals surface area contributed by atoms with E-state index in [0.29, 0.717) is 68.3 Å². The van der Waals surface area contributed by atoms with E-state index in [1.807, 2.05) is 0 Å². The van der Waals surface area contributed by atoms with Crippen molar-refractivity contribution in [3.05, 3.63) is 40.8 Å². The van der Waals surface area contributed by atoms with Gasteiger partial charge in [-0.2, -0.15) is 0 Å². The van der Waals surface area contributed by atoms with Crippen molar-refractivity contribution in [1.29, 1.82) is 0 Å². The normalized spacial score (nSPS) is 25.2. The van der Waals surface area contributed by atoms with Gasteiger partial charge in [0, 0.05) is 31.5 Å². The largest absolute Gasteiger partial charge is 0.490 e. The maximum absolute atomic E-state index is 15.2. The fourth-order valence-electron chi connectivity index (χ4n) is 5.10. The number of rotatable bonds is 4. The van der Waals surface area contributed by atoms with Crippen molar-refractivity contribution in [3.63, 3.8) is 0 Å². The second-order valence-corrected chi connectivity index (χ2v) is 9.44. The molecule has 9 nitrogen and oxygen atoms in total. The standard InChI is InChI=1S/C25H26FN3O6/c1-13-6-19-22(24(23(13)26)35-16-4-5-32-12-16)25(31)29-10-17(7-15(29)11-33-19)34-21-8-18-14(9-27-21)2-3-20(30)28-18/h6,8-9,15-17H,2-5,7,10-12H2,1H3,(H,28,30)/t15?,16-,17?/m1/s1. The Morgan fingerprint density at radius 2 is 2.06 bits per heavy atom. The summed E-state index contributed by atoms with van der Waals surface area (Å²) in [7, 11) is 0. The zero-order valence-electron chi connectivity index (χ0n) is 19.3. The van der Waals surface area contributed by atoms with Crippen LogP contribution in [0.15, 0.2) is 18.3 Å². The molecule has 0 spiro atoms. The molecule has 1 N–H and O–H groups in total. The number of amides is 2. The molecule has 5 heterocycles. The number of ether oxygens (including phenoxy) is 4. The molecule has 0 bridgehead atoms. The molecule has 0 radical (unpaired) electrons. The number of carbonyl (C=O) groups is 2. The third-order valence-electron chi connectivity index (χ3n) is 6.97. The molecule has 4 aliphatic rings. The van der Waals surface area contributed by atoms with Crippen LogP contribution in [0.5, 0.6) is 17.4 Å². The minimum atomic E-state index is -0.557. The number of hydrogen-bond donors (Lipinski definition) is 1. The van der Waals surface area contributed by atoms with Crippen molar-refractivity contribution >= 4 is 17.5 Å². The van der Waals surface area contributed by atoms with Crippen LogP contribution in [-0.2, 0) is 16.0 Å². The summed E-state index contributed by atoms with van der Waals surface area (Å²) in [6.07, 6.45) is 3.34. The average molecular weight is 483 g/mol. The highest BCUT2D eigenvalue weighted by molar-refractivity contribution is 6.00. The van der Waals surface area contributed by atoms with E-state index >= 15 is 4.39 Å². The van der Waals surface area contributed by atoms with Crippen LogP contribution in [-0.4, -0.2) is 66.3 Å². The van der Waals surface area contributed by atoms with Gasteiger partial charge in [-0.3, -0.25) is 9.59 Å². The van der Waals surface area contributed by atoms with Crippen molar-refractivity contribution in [2.45, 2.75) is 50.9 Å². The van der Waals surface area contributed by atoms with Gasteiger partial charge in [-0.05, 0) is 30.5 Å². The van der Waals surface area contributed by atoms with E-state index in [2.05, 4.69) is 10.3 Å². The van der Waals surface area contributed by atoms with Crippen molar-refractivity contribution in [2.75, 3.05) is 31.7 Å². The molecule has 1 aromatic heterocycles. The lowest BCUT2D eigenvalue weighted by atomic mass is 10.1. The number of nitrogens with one attached hydrogen (secondary N) is 1. The zero-order chi connectivity index (χ0) is 24.1. The number of pyridine rings is 1. The number of anilines is 1. The minimum Gasteiger partial charge on any atom is -0.490 e. The molecule has 35 heavy (non-hydrogen) atoms. The molecule has 0 saturated carbocycles. The summed E-state index contributed by atoms with van der Waals surface area (Å²) in [6.45, 7) is 3.10. The van der Waals surface area contributed by atoms with Crippen LogP contribution >= 0.6 is 0 Å². The van der Waals surface area contributed by atoms with E-state index in [0.717, 1.165) is 5.56 Å². The third kappa shape index (κ3) is 4.05. The highest BCUT2D eigenvalue weighted by Gasteiger charge is 2.43. The van der Waals surface area contributed by atoms with Gasteiger partial charge in [0.2, 0.25) is 11.8 Å². The topological polar surface area (TPSA) is 99.2 Å². The number of carbonyl (C=O) groups excluding carboxylic acids is 2. The molecule has 6 rings (SSSR count). The molecule has 4 aliphatic heterocycles. The van der Waals surface area contributed by atoms with Gasteiger partial charge in [-0.15, -0.1) is 0 Å². The molecule has 0 aliphatic carbocycles. The number of aryl methyl sites for hydroxylation is 2. The highest BCUT2D eigenvalue weighted by atomic mass is 19.1. The first kappa shape index (κ1) is 22.1. The molecule has 2 aromatic rings. The molecule has 10 heteroatoms. The predicted octanol–water partition coefficient (Wildman–Crippen LogP) is 2.64. The molecule has 2 fully saturated rings. The molecule has 1 aromatic carbocycles. The van der Waals surface area contributed by atoms with Gasteiger partial charge >= 0.3 is 0 Å². The van der Waals surface area contributed by atoms with E-state index in [1.165, 1.54) is 0 Å². The molecule has 2 amide bonds. The predicted molar refractivity (Wildman–Crippen MR) is 122 cm³/mol. The molecule has 3 atom stereocenters. The van der Waals surface area contributed by atoms with E-state index in [4.69, 9.17) is 18.9 Å². The fourth-order valence-corrected chi connectivity index (χ4v) is 5.10. The Bertz CT molecular complexity index is 1200. The van der Waals surface area contributed by atoms with Crippen LogP contribution < -0.4 is 19.5 Å². The number of hydrogen-bond acceptors (Lipinski definition) is 7. The number of benzene rings is 1. The summed E-state index contributed by atoms with van der Waals surface area (Å²) < 4.78 is 38.6. The maximum atomic E-state index is 15.2. The number of fused-ring (bicyclic) bond motifs is 3. The van der Waals surface area contributed by atoms with Crippen LogP contribution in [0.2, 0.25) is 0 Å². The lowest BCUT2D eigenvalue weighted by Gasteiger charge is -2.22. The quantitative estimate of drug-likeness (QED) is 0.714. The molecular formula is C25H26FN3O6. The number of aromatic nitrogens is 1. The van der Waals surface area contributed by atoms with Gasteiger partial charge in [0.1, 0.15) is 30.1 Å². The van der Waals surface area contributed by atoms with Crippen molar-refractivity contribution in [2.24, 2.45) is 0 Å². The van der Waals surface area contributed by atoms with Gasteiger partial charge < -0.3 is 29.2 Å². The van der Waals surface area contributed by atoms with E-state index in [1.54, 1.807) is 30.2 Å². The average Bonchev–Trinajstić information content (AvgIpc) is 3.47. The Morgan fingerprint density at radius 1 is 1.17 bits per heavy atom. The van der Waals surface area contributed by atoms with Gasteiger partial charge in [-0.25, -0.2) is 9.37 Å². The van der Waals surface area contributed by atoms with Crippen molar-refractivity contribution in [1.82, 2.24) is 9.88 Å². The lowest BCUT2D eigenvalue weighted by molar-refractivity contribution is -0.116. The van der Waals surface area contributed by atoms with Gasteiger partial charge in [0.15, 0.2) is 11.6 Å². The summed E-state index contributed by atoms with van der Waals surface area (Å²) >= 11 is 0. The van der Waals surface area contributed by atoms with Crippen molar-refractivity contribution < 1.29 is 32.9 Å². The first-order valence-corrected chi connectivity index (χ1v) is 11.9. The zero-order valence-corrected chi connectivity index (χ0v) is 19.3. The van der Waals surface area contributed by atoms with Crippen molar-refractivity contribution in [3.8, 4) is 17.4 Å². The Kier molecular flexibility index (Phi) is 5.47. The Labute approximate surface area is 201 Å². The summed E-state index contributed by atoms with van der Waals surface area (Å²) in [5.74, 6) is -0.283. The van der Waals surface area contributed by atoms with Gasteiger partial charge in [0.05, 0.1) is 31.5 Å². The first-order valence-electron chi connectivity index (χ1n) is 11.9. The Hall–Kier alpha value is -3.40. The number of nitrogens with zero attached hydrogens (tertiary/aromatic N) is 2. The molecule has 2 saturated heterocycles. The SMILES string of the molecule is Cc1cc2c(c(O[C@@H]3CCOC3)c1F)C(=O)N1CC(Oc3cc4c(cn3)CCC(=O)N4)CC1CO2. The smallest absolute Gasteiger partial charge is 0.262 e. The summed E-state index contributed by atoms with van der Waals surface area (Å²) in [5, 5.41) is 2.85. The summed E-state index contributed by atoms with van der Waals surface area (Å²) in [6, 6.07) is 3.04. The van der Waals surface area contributed by atoms with E-state index in [-0.39, 0.29) is 48.0 Å². The summed E-state index contributed by atoms with van der Waals surface area (Å²) in [4.78, 5) is 31.4. The van der Waals surface area contributed by atoms with Gasteiger partial charge in [-0.1, -0.05) is 0 Å². The summed E-state index contributed by atoms with van der Waals surface area (Å²) in [5.41, 5.74) is 2.14. The minimum absolute atomic E-state index is 0.0324. The Balaban J connectivity index is 1.24. The van der Waals surface area contributed by atoms with Crippen LogP contribution in [0.3, 0.4) is 0 Å². The molecular weight excluding hydrogens is 457 g/mol. The van der Waals surface area contributed by atoms with Crippen LogP contribution in [0.25, 0.3) is 0 Å². The van der Waals surface area contributed by atoms with Crippen LogP contribution in [0, 0.1) is 12.7 Å². The van der Waals surface area contributed by atoms with Crippen LogP contribution in [0.1, 0.15) is 40.7 Å². The maximum Gasteiger partial charge on any atom is 0.262 e. The fraction of sp³-hybridized carbons (Fsp3) is 0.480. The molecule has 2 unspecified atom stereocenters. The van der Waals surface area contributed by atoms with E-state index in [9.17, 15) is 9.59 Å². The Morgan fingerprint density at radius 3 is 2.89 bits per heavy atom. The van der Waals surface area contributed by atoms with Gasteiger partial charge in [0.25, 0.3) is 5.91 Å². The van der Waals surface area contributed by atoms with Crippen LogP contribution in [0.4, 0.5) is 10.1 Å². The lowest BCUT2D eigenvalue weighted by Crippen LogP contribution is -2.37. The monoisotopic (exact) mass is 483 g/mol. The second-order valence-electron chi connectivity index (χ2n) is 9.44. The first-order chi connectivity index (χ1) is 17.0.